The summed E-state index contributed by atoms with van der Waals surface area (Å²) in [6.45, 7) is 4.39. The number of hydrogen-bond donors (Lipinski definition) is 3. The van der Waals surface area contributed by atoms with Crippen molar-refractivity contribution in [3.05, 3.63) is 83.2 Å². The molecule has 230 valence electrons. The monoisotopic (exact) mass is 608 g/mol. The van der Waals surface area contributed by atoms with Crippen LogP contribution in [0.3, 0.4) is 0 Å². The van der Waals surface area contributed by atoms with Crippen molar-refractivity contribution in [3.63, 3.8) is 0 Å². The molecular weight excluding hydrogens is 576 g/mol. The summed E-state index contributed by atoms with van der Waals surface area (Å²) in [5.74, 6) is 0.0700. The maximum absolute atomic E-state index is 13.4. The molecule has 2 aliphatic rings. The van der Waals surface area contributed by atoms with Crippen LogP contribution in [0.4, 0.5) is 11.5 Å². The average Bonchev–Trinajstić information content (AvgIpc) is 3.29. The van der Waals surface area contributed by atoms with Crippen LogP contribution in [0, 0.1) is 6.92 Å². The van der Waals surface area contributed by atoms with Gasteiger partial charge in [0.2, 0.25) is 11.8 Å². The lowest BCUT2D eigenvalue weighted by atomic mass is 10.0. The number of ether oxygens (including phenoxy) is 2. The van der Waals surface area contributed by atoms with Crippen LogP contribution in [0.15, 0.2) is 60.7 Å². The summed E-state index contributed by atoms with van der Waals surface area (Å²) in [5, 5.41) is 9.67. The Morgan fingerprint density at radius 1 is 1.00 bits per heavy atom. The largest absolute Gasteiger partial charge is 0.493 e. The van der Waals surface area contributed by atoms with Gasteiger partial charge >= 0.3 is 0 Å². The summed E-state index contributed by atoms with van der Waals surface area (Å²) in [4.78, 5) is 60.7. The van der Waals surface area contributed by atoms with Gasteiger partial charge in [0.05, 0.1) is 23.8 Å². The SMILES string of the molecule is COc1cc2c(N[C@H](C)c3ccccc3)nc(C)nc2cc1OCCNc1cccc2c1C(=O)N(C1CCC(=O)NC1=O)C2=O. The van der Waals surface area contributed by atoms with Crippen molar-refractivity contribution in [2.45, 2.75) is 38.8 Å². The molecule has 12 heteroatoms. The van der Waals surface area contributed by atoms with E-state index in [0.29, 0.717) is 40.9 Å². The Labute approximate surface area is 259 Å². The number of carbonyl (C=O) groups excluding carboxylic acids is 4. The van der Waals surface area contributed by atoms with Crippen LogP contribution in [0.5, 0.6) is 11.5 Å². The van der Waals surface area contributed by atoms with Gasteiger partial charge in [0.1, 0.15) is 24.3 Å². The van der Waals surface area contributed by atoms with Crippen LogP contribution in [0.25, 0.3) is 10.9 Å². The predicted molar refractivity (Wildman–Crippen MR) is 166 cm³/mol. The lowest BCUT2D eigenvalue weighted by Gasteiger charge is -2.27. The van der Waals surface area contributed by atoms with E-state index in [1.165, 1.54) is 0 Å². The molecule has 0 aliphatic carbocycles. The van der Waals surface area contributed by atoms with E-state index in [0.717, 1.165) is 15.8 Å². The van der Waals surface area contributed by atoms with Gasteiger partial charge in [-0.3, -0.25) is 29.4 Å². The topological polar surface area (TPSA) is 152 Å². The van der Waals surface area contributed by atoms with Crippen LogP contribution < -0.4 is 25.4 Å². The molecule has 45 heavy (non-hydrogen) atoms. The average molecular weight is 609 g/mol. The second kappa shape index (κ2) is 12.2. The van der Waals surface area contributed by atoms with Crippen molar-refractivity contribution in [3.8, 4) is 11.5 Å². The minimum atomic E-state index is -1.03. The Kier molecular flexibility index (Phi) is 8.03. The number of fused-ring (bicyclic) bond motifs is 2. The lowest BCUT2D eigenvalue weighted by molar-refractivity contribution is -0.136. The summed E-state index contributed by atoms with van der Waals surface area (Å²) in [5.41, 5.74) is 2.65. The van der Waals surface area contributed by atoms with E-state index in [-0.39, 0.29) is 36.6 Å². The second-order valence-corrected chi connectivity index (χ2v) is 10.9. The molecule has 3 heterocycles. The molecule has 4 aromatic rings. The van der Waals surface area contributed by atoms with Gasteiger partial charge in [0.25, 0.3) is 11.8 Å². The van der Waals surface area contributed by atoms with Crippen molar-refractivity contribution >= 4 is 46.0 Å². The lowest BCUT2D eigenvalue weighted by Crippen LogP contribution is -2.54. The van der Waals surface area contributed by atoms with E-state index in [2.05, 4.69) is 45.0 Å². The number of amides is 4. The maximum atomic E-state index is 13.4. The van der Waals surface area contributed by atoms with Crippen molar-refractivity contribution in [1.82, 2.24) is 20.2 Å². The number of aryl methyl sites for hydroxylation is 1. The summed E-state index contributed by atoms with van der Waals surface area (Å²) in [7, 11) is 1.56. The minimum Gasteiger partial charge on any atom is -0.493 e. The van der Waals surface area contributed by atoms with Crippen molar-refractivity contribution in [2.24, 2.45) is 0 Å². The van der Waals surface area contributed by atoms with Crippen LogP contribution >= 0.6 is 0 Å². The summed E-state index contributed by atoms with van der Waals surface area (Å²) in [6.07, 6.45) is 0.148. The Bertz CT molecular complexity index is 1830. The number of anilines is 2. The van der Waals surface area contributed by atoms with E-state index in [1.807, 2.05) is 37.3 Å². The number of piperidine rings is 1. The smallest absolute Gasteiger partial charge is 0.264 e. The number of aromatic nitrogens is 2. The first-order valence-corrected chi connectivity index (χ1v) is 14.6. The Morgan fingerprint density at radius 2 is 1.80 bits per heavy atom. The molecule has 1 saturated heterocycles. The highest BCUT2D eigenvalue weighted by Gasteiger charge is 2.45. The molecule has 0 radical (unpaired) electrons. The Hall–Kier alpha value is -5.52. The second-order valence-electron chi connectivity index (χ2n) is 10.9. The summed E-state index contributed by atoms with van der Waals surface area (Å²) < 4.78 is 11.7. The number of benzene rings is 3. The van der Waals surface area contributed by atoms with Gasteiger partial charge in [-0.2, -0.15) is 0 Å². The maximum Gasteiger partial charge on any atom is 0.264 e. The number of carbonyl (C=O) groups is 4. The van der Waals surface area contributed by atoms with E-state index < -0.39 is 29.7 Å². The van der Waals surface area contributed by atoms with Gasteiger partial charge in [-0.15, -0.1) is 0 Å². The van der Waals surface area contributed by atoms with Gasteiger partial charge < -0.3 is 20.1 Å². The highest BCUT2D eigenvalue weighted by Crippen LogP contribution is 2.36. The van der Waals surface area contributed by atoms with E-state index in [1.54, 1.807) is 25.3 Å². The number of imide groups is 2. The van der Waals surface area contributed by atoms with Crippen LogP contribution in [0.2, 0.25) is 0 Å². The number of nitrogens with zero attached hydrogens (tertiary/aromatic N) is 3. The number of nitrogens with one attached hydrogen (secondary N) is 3. The third-order valence-corrected chi connectivity index (χ3v) is 7.89. The predicted octanol–water partition coefficient (Wildman–Crippen LogP) is 4.01. The van der Waals surface area contributed by atoms with Crippen LogP contribution in [0.1, 0.15) is 57.9 Å². The van der Waals surface area contributed by atoms with Crippen LogP contribution in [-0.4, -0.2) is 64.8 Å². The van der Waals surface area contributed by atoms with E-state index in [9.17, 15) is 19.2 Å². The van der Waals surface area contributed by atoms with Crippen LogP contribution in [-0.2, 0) is 9.59 Å². The minimum absolute atomic E-state index is 0.00871. The number of rotatable bonds is 10. The molecule has 0 saturated carbocycles. The molecule has 1 fully saturated rings. The molecule has 1 unspecified atom stereocenters. The first-order chi connectivity index (χ1) is 21.7. The van der Waals surface area contributed by atoms with E-state index in [4.69, 9.17) is 9.47 Å². The van der Waals surface area contributed by atoms with Gasteiger partial charge in [-0.05, 0) is 44.0 Å². The molecular formula is C33H32N6O6. The fourth-order valence-corrected chi connectivity index (χ4v) is 5.67. The zero-order valence-electron chi connectivity index (χ0n) is 25.0. The zero-order chi connectivity index (χ0) is 31.7. The molecule has 0 bridgehead atoms. The van der Waals surface area contributed by atoms with Crippen molar-refractivity contribution in [2.75, 3.05) is 30.9 Å². The molecule has 1 aromatic heterocycles. The summed E-state index contributed by atoms with van der Waals surface area (Å²) in [6, 6.07) is 17.6. The fourth-order valence-electron chi connectivity index (χ4n) is 5.67. The molecule has 6 rings (SSSR count). The quantitative estimate of drug-likeness (QED) is 0.178. The summed E-state index contributed by atoms with van der Waals surface area (Å²) >= 11 is 0. The molecule has 3 N–H and O–H groups in total. The standard InChI is InChI=1S/C33H32N6O6/c1-18(20-8-5-4-6-9-20)35-30-22-16-26(44-3)27(17-24(22)36-19(2)37-30)45-15-14-34-23-11-7-10-21-29(23)33(43)39(32(21)42)25-12-13-28(40)38-31(25)41/h4-11,16-18,25,34H,12-15H2,1-3H3,(H,35,36,37)(H,38,40,41)/t18-,25?/m1/s1. The van der Waals surface area contributed by atoms with Gasteiger partial charge in [0.15, 0.2) is 11.5 Å². The van der Waals surface area contributed by atoms with Gasteiger partial charge in [-0.25, -0.2) is 9.97 Å². The third kappa shape index (κ3) is 5.74. The highest BCUT2D eigenvalue weighted by atomic mass is 16.5. The van der Waals surface area contributed by atoms with Gasteiger partial charge in [0, 0.05) is 36.1 Å². The first-order valence-electron chi connectivity index (χ1n) is 14.6. The number of methoxy groups -OCH3 is 1. The molecule has 2 aliphatic heterocycles. The number of hydrogen-bond acceptors (Lipinski definition) is 10. The van der Waals surface area contributed by atoms with Gasteiger partial charge in [-0.1, -0.05) is 36.4 Å². The Balaban J connectivity index is 1.16. The molecule has 2 atom stereocenters. The van der Waals surface area contributed by atoms with E-state index >= 15 is 0 Å². The Morgan fingerprint density at radius 3 is 2.56 bits per heavy atom. The first kappa shape index (κ1) is 29.5. The normalized spacial score (nSPS) is 16.8. The van der Waals surface area contributed by atoms with Crippen molar-refractivity contribution in [1.29, 1.82) is 0 Å². The molecule has 4 amide bonds. The fraction of sp³-hybridized carbons (Fsp3) is 0.273. The van der Waals surface area contributed by atoms with Crippen molar-refractivity contribution < 1.29 is 28.7 Å². The molecule has 0 spiro atoms. The molecule has 3 aromatic carbocycles. The highest BCUT2D eigenvalue weighted by molar-refractivity contribution is 6.25. The molecule has 12 nitrogen and oxygen atoms in total. The zero-order valence-corrected chi connectivity index (χ0v) is 25.0. The third-order valence-electron chi connectivity index (χ3n) is 7.89.